The maximum atomic E-state index is 10.4. The molecule has 0 aliphatic rings. The first-order valence-corrected chi connectivity index (χ1v) is 8.16. The van der Waals surface area contributed by atoms with E-state index in [1.807, 2.05) is 12.1 Å². The van der Waals surface area contributed by atoms with E-state index in [9.17, 15) is 20.4 Å². The molecule has 0 fully saturated rings. The smallest absolute Gasteiger partial charge is 0.140 e. The van der Waals surface area contributed by atoms with Crippen molar-refractivity contribution in [1.82, 2.24) is 19.9 Å². The number of H-pyrrole nitrogens is 2. The molecule has 4 rings (SSSR count). The van der Waals surface area contributed by atoms with Crippen molar-refractivity contribution in [2.75, 3.05) is 0 Å². The Labute approximate surface area is 172 Å². The van der Waals surface area contributed by atoms with E-state index in [0.717, 1.165) is 0 Å². The van der Waals surface area contributed by atoms with Crippen LogP contribution in [-0.4, -0.2) is 52.6 Å². The van der Waals surface area contributed by atoms with Gasteiger partial charge in [0.25, 0.3) is 0 Å². The van der Waals surface area contributed by atoms with Crippen LogP contribution in [0.15, 0.2) is 48.5 Å². The number of nitrogens with one attached hydrogen (secondary N) is 2. The van der Waals surface area contributed by atoms with E-state index < -0.39 is 24.4 Å². The first-order chi connectivity index (χ1) is 12.5. The van der Waals surface area contributed by atoms with Crippen molar-refractivity contribution in [1.29, 1.82) is 0 Å². The van der Waals surface area contributed by atoms with Crippen molar-refractivity contribution in [3.05, 3.63) is 60.2 Å². The molecular formula is C18H20Cl2N4O4. The summed E-state index contributed by atoms with van der Waals surface area (Å²) in [6, 6.07) is 14.3. The zero-order valence-electron chi connectivity index (χ0n) is 14.4. The fourth-order valence-corrected chi connectivity index (χ4v) is 2.92. The molecule has 2 aromatic heterocycles. The van der Waals surface area contributed by atoms with Gasteiger partial charge in [-0.3, -0.25) is 0 Å². The Hall–Kier alpha value is -2.20. The lowest BCUT2D eigenvalue weighted by molar-refractivity contribution is -0.111. The van der Waals surface area contributed by atoms with E-state index in [1.54, 1.807) is 36.4 Å². The summed E-state index contributed by atoms with van der Waals surface area (Å²) in [7, 11) is 0. The van der Waals surface area contributed by atoms with Gasteiger partial charge in [-0.15, -0.1) is 24.8 Å². The largest absolute Gasteiger partial charge is 0.387 e. The predicted molar refractivity (Wildman–Crippen MR) is 109 cm³/mol. The van der Waals surface area contributed by atoms with Crippen LogP contribution < -0.4 is 0 Å². The van der Waals surface area contributed by atoms with E-state index in [2.05, 4.69) is 19.9 Å². The monoisotopic (exact) mass is 426 g/mol. The normalized spacial score (nSPS) is 15.4. The Morgan fingerprint density at radius 3 is 1.32 bits per heavy atom. The van der Waals surface area contributed by atoms with E-state index in [4.69, 9.17) is 0 Å². The van der Waals surface area contributed by atoms with Crippen LogP contribution in [0.4, 0.5) is 0 Å². The third-order valence-corrected chi connectivity index (χ3v) is 4.37. The van der Waals surface area contributed by atoms with E-state index >= 15 is 0 Å². The van der Waals surface area contributed by atoms with Crippen LogP contribution in [0, 0.1) is 0 Å². The molecule has 8 nitrogen and oxygen atoms in total. The minimum absolute atomic E-state index is 0. The Balaban J connectivity index is 0.00000140. The van der Waals surface area contributed by atoms with Gasteiger partial charge in [0.05, 0.1) is 22.1 Å². The molecule has 0 saturated heterocycles. The number of halogens is 2. The third-order valence-electron chi connectivity index (χ3n) is 4.37. The number of nitrogens with zero attached hydrogens (tertiary/aromatic N) is 2. The Bertz CT molecular complexity index is 904. The van der Waals surface area contributed by atoms with Gasteiger partial charge in [-0.2, -0.15) is 0 Å². The second-order valence-corrected chi connectivity index (χ2v) is 6.15. The summed E-state index contributed by atoms with van der Waals surface area (Å²) in [4.78, 5) is 14.2. The van der Waals surface area contributed by atoms with E-state index in [1.165, 1.54) is 0 Å². The summed E-state index contributed by atoms with van der Waals surface area (Å²) in [5, 5.41) is 41.3. The van der Waals surface area contributed by atoms with E-state index in [0.29, 0.717) is 22.1 Å². The molecule has 0 aliphatic carbocycles. The number of hydrogen-bond donors (Lipinski definition) is 6. The Morgan fingerprint density at radius 1 is 0.607 bits per heavy atom. The number of aliphatic hydroxyl groups is 4. The molecule has 0 spiro atoms. The average Bonchev–Trinajstić information content (AvgIpc) is 3.29. The predicted octanol–water partition coefficient (Wildman–Crippen LogP) is 1.77. The molecule has 28 heavy (non-hydrogen) atoms. The second-order valence-electron chi connectivity index (χ2n) is 6.15. The van der Waals surface area contributed by atoms with Gasteiger partial charge in [0.2, 0.25) is 0 Å². The van der Waals surface area contributed by atoms with Crippen LogP contribution >= 0.6 is 24.8 Å². The number of hydrogen-bond acceptors (Lipinski definition) is 6. The molecule has 0 unspecified atom stereocenters. The lowest BCUT2D eigenvalue weighted by Crippen LogP contribution is -2.37. The van der Waals surface area contributed by atoms with E-state index in [-0.39, 0.29) is 36.5 Å². The standard InChI is InChI=1S/C18H18N4O4.2ClH/c23-13(15(25)17-19-9-5-1-2-6-10(9)20-17)14(24)16(26)18-21-11-7-3-4-8-12(11)22-18;;/h1-8,13-16,23-26H,(H,19,20)(H,21,22);2*1H/t13-,14+,15+,16-;;. The topological polar surface area (TPSA) is 138 Å². The summed E-state index contributed by atoms with van der Waals surface area (Å²) in [5.41, 5.74) is 2.64. The fourth-order valence-electron chi connectivity index (χ4n) is 2.92. The van der Waals surface area contributed by atoms with Gasteiger partial charge in [-0.1, -0.05) is 24.3 Å². The molecule has 4 aromatic rings. The summed E-state index contributed by atoms with van der Waals surface area (Å²) in [6.45, 7) is 0. The molecule has 0 bridgehead atoms. The highest BCUT2D eigenvalue weighted by Gasteiger charge is 2.35. The highest BCUT2D eigenvalue weighted by Crippen LogP contribution is 2.26. The summed E-state index contributed by atoms with van der Waals surface area (Å²) < 4.78 is 0. The van der Waals surface area contributed by atoms with Crippen molar-refractivity contribution in [2.24, 2.45) is 0 Å². The van der Waals surface area contributed by atoms with Gasteiger partial charge in [0.1, 0.15) is 36.1 Å². The molecule has 10 heteroatoms. The number of rotatable bonds is 5. The van der Waals surface area contributed by atoms with Crippen molar-refractivity contribution in [2.45, 2.75) is 24.4 Å². The number of fused-ring (bicyclic) bond motifs is 2. The Morgan fingerprint density at radius 2 is 0.964 bits per heavy atom. The zero-order chi connectivity index (χ0) is 18.3. The number of aromatic nitrogens is 4. The summed E-state index contributed by atoms with van der Waals surface area (Å²) in [6.07, 6.45) is -6.34. The van der Waals surface area contributed by atoms with Crippen LogP contribution in [0.3, 0.4) is 0 Å². The van der Waals surface area contributed by atoms with Gasteiger partial charge < -0.3 is 30.4 Å². The molecule has 2 aromatic carbocycles. The first-order valence-electron chi connectivity index (χ1n) is 8.16. The van der Waals surface area contributed by atoms with Crippen molar-refractivity contribution >= 4 is 46.9 Å². The highest BCUT2D eigenvalue weighted by molar-refractivity contribution is 5.85. The minimum atomic E-state index is -1.67. The number of aromatic amines is 2. The highest BCUT2D eigenvalue weighted by atomic mass is 35.5. The molecule has 150 valence electrons. The molecule has 0 radical (unpaired) electrons. The molecule has 4 atom stereocenters. The quantitative estimate of drug-likeness (QED) is 0.287. The lowest BCUT2D eigenvalue weighted by atomic mass is 10.0. The average molecular weight is 427 g/mol. The fraction of sp³-hybridized carbons (Fsp3) is 0.222. The molecule has 0 saturated carbocycles. The Kier molecular flexibility index (Phi) is 7.00. The van der Waals surface area contributed by atoms with Crippen LogP contribution in [0.25, 0.3) is 22.1 Å². The van der Waals surface area contributed by atoms with Crippen molar-refractivity contribution in [3.63, 3.8) is 0 Å². The minimum Gasteiger partial charge on any atom is -0.387 e. The lowest BCUT2D eigenvalue weighted by Gasteiger charge is -2.24. The van der Waals surface area contributed by atoms with Crippen LogP contribution in [0.5, 0.6) is 0 Å². The second kappa shape index (κ2) is 8.87. The first kappa shape index (κ1) is 22.1. The van der Waals surface area contributed by atoms with Gasteiger partial charge in [-0.25, -0.2) is 9.97 Å². The molecule has 0 amide bonds. The van der Waals surface area contributed by atoms with Crippen molar-refractivity contribution in [3.8, 4) is 0 Å². The maximum absolute atomic E-state index is 10.4. The number of imidazole rings is 2. The molecule has 2 heterocycles. The van der Waals surface area contributed by atoms with Crippen LogP contribution in [0.1, 0.15) is 23.9 Å². The van der Waals surface area contributed by atoms with Crippen LogP contribution in [0.2, 0.25) is 0 Å². The molecule has 6 N–H and O–H groups in total. The summed E-state index contributed by atoms with van der Waals surface area (Å²) >= 11 is 0. The maximum Gasteiger partial charge on any atom is 0.140 e. The molecule has 0 aliphatic heterocycles. The number of aliphatic hydroxyl groups excluding tert-OH is 4. The summed E-state index contributed by atoms with van der Waals surface area (Å²) in [5.74, 6) is 0.212. The SMILES string of the molecule is Cl.Cl.O[C@H]([C@H](O)[C@@H](O)c1nc2ccccc2[nH]1)[C@H](O)c1nc2ccccc2[nH]1. The van der Waals surface area contributed by atoms with Crippen molar-refractivity contribution < 1.29 is 20.4 Å². The number of para-hydroxylation sites is 4. The van der Waals surface area contributed by atoms with Gasteiger partial charge in [0.15, 0.2) is 0 Å². The van der Waals surface area contributed by atoms with Gasteiger partial charge in [0, 0.05) is 0 Å². The van der Waals surface area contributed by atoms with Gasteiger partial charge >= 0.3 is 0 Å². The van der Waals surface area contributed by atoms with Crippen LogP contribution in [-0.2, 0) is 0 Å². The third kappa shape index (κ3) is 3.97. The van der Waals surface area contributed by atoms with Gasteiger partial charge in [-0.05, 0) is 24.3 Å². The number of benzene rings is 2. The molecular weight excluding hydrogens is 407 g/mol. The zero-order valence-corrected chi connectivity index (χ0v) is 16.1.